The van der Waals surface area contributed by atoms with Gasteiger partial charge in [0.1, 0.15) is 0 Å². The highest BCUT2D eigenvalue weighted by molar-refractivity contribution is 5.64. The fourth-order valence-corrected chi connectivity index (χ4v) is 3.50. The van der Waals surface area contributed by atoms with Crippen LogP contribution in [0.25, 0.3) is 0 Å². The molecule has 0 spiro atoms. The Hall–Kier alpha value is -2.49. The van der Waals surface area contributed by atoms with E-state index in [1.165, 1.54) is 55.5 Å². The fourth-order valence-electron chi connectivity index (χ4n) is 3.50. The molecule has 4 nitrogen and oxygen atoms in total. The molecule has 2 aromatic rings. The van der Waals surface area contributed by atoms with Crippen LogP contribution in [-0.2, 0) is 13.0 Å². The lowest BCUT2D eigenvalue weighted by atomic mass is 10.0. The summed E-state index contributed by atoms with van der Waals surface area (Å²) < 4.78 is 0. The number of benzene rings is 2. The number of nitrogens with one attached hydrogen (secondary N) is 1. The second-order valence-electron chi connectivity index (χ2n) is 7.29. The first-order chi connectivity index (χ1) is 13.7. The van der Waals surface area contributed by atoms with Gasteiger partial charge in [0.05, 0.1) is 0 Å². The third-order valence-electron chi connectivity index (χ3n) is 4.98. The van der Waals surface area contributed by atoms with E-state index in [4.69, 9.17) is 5.11 Å². The third kappa shape index (κ3) is 8.03. The minimum atomic E-state index is -0.916. The lowest BCUT2D eigenvalue weighted by Gasteiger charge is -2.31. The monoisotopic (exact) mass is 382 g/mol. The summed E-state index contributed by atoms with van der Waals surface area (Å²) in [5.74, 6) is 0. The van der Waals surface area contributed by atoms with Crippen LogP contribution in [0.4, 0.5) is 10.5 Å². The van der Waals surface area contributed by atoms with Gasteiger partial charge in [-0.25, -0.2) is 4.79 Å². The number of carbonyl (C=O) groups is 1. The molecule has 28 heavy (non-hydrogen) atoms. The van der Waals surface area contributed by atoms with Crippen molar-refractivity contribution >= 4 is 11.8 Å². The van der Waals surface area contributed by atoms with E-state index in [0.29, 0.717) is 6.54 Å². The van der Waals surface area contributed by atoms with E-state index in [9.17, 15) is 4.79 Å². The minimum Gasteiger partial charge on any atom is -0.465 e. The molecule has 0 unspecified atom stereocenters. The van der Waals surface area contributed by atoms with E-state index in [1.807, 2.05) is 0 Å². The predicted molar refractivity (Wildman–Crippen MR) is 117 cm³/mol. The quantitative estimate of drug-likeness (QED) is 0.562. The van der Waals surface area contributed by atoms with E-state index < -0.39 is 6.09 Å². The molecule has 4 heteroatoms. The number of nitrogens with zero attached hydrogens (tertiary/aromatic N) is 1. The molecular weight excluding hydrogens is 348 g/mol. The van der Waals surface area contributed by atoms with Gasteiger partial charge in [-0.05, 0) is 36.5 Å². The van der Waals surface area contributed by atoms with Crippen molar-refractivity contribution in [2.45, 2.75) is 58.4 Å². The molecule has 3 rings (SSSR count). The predicted octanol–water partition coefficient (Wildman–Crippen LogP) is 5.86. The molecule has 0 fully saturated rings. The van der Waals surface area contributed by atoms with Gasteiger partial charge in [0.2, 0.25) is 0 Å². The molecule has 0 bridgehead atoms. The van der Waals surface area contributed by atoms with Gasteiger partial charge >= 0.3 is 6.09 Å². The molecule has 0 atom stereocenters. The standard InChI is InChI=1S/C16H17N.C8H17NO2/c1-2-7-14(8-3-1)13-17-12-6-10-15-9-4-5-11-16(15)17;1-2-3-4-5-6-7-9-8(10)11/h1-5,7-9,11H,6,10,12-13H2;9H,2-7H2,1H3,(H,10,11). The molecule has 2 N–H and O–H groups in total. The Morgan fingerprint density at radius 1 is 1.00 bits per heavy atom. The number of carboxylic acid groups (broad SMARTS) is 1. The Balaban J connectivity index is 0.000000224. The second-order valence-corrected chi connectivity index (χ2v) is 7.29. The molecule has 0 aliphatic carbocycles. The van der Waals surface area contributed by atoms with Crippen LogP contribution in [0.1, 0.15) is 56.6 Å². The van der Waals surface area contributed by atoms with Crippen molar-refractivity contribution < 1.29 is 9.90 Å². The third-order valence-corrected chi connectivity index (χ3v) is 4.98. The van der Waals surface area contributed by atoms with Gasteiger partial charge in [0, 0.05) is 25.3 Å². The van der Waals surface area contributed by atoms with Gasteiger partial charge in [0.15, 0.2) is 0 Å². The maximum Gasteiger partial charge on any atom is 0.404 e. The first-order valence-corrected chi connectivity index (χ1v) is 10.5. The summed E-state index contributed by atoms with van der Waals surface area (Å²) in [6.45, 7) is 4.96. The number of amides is 1. The van der Waals surface area contributed by atoms with Gasteiger partial charge in [-0.1, -0.05) is 81.1 Å². The summed E-state index contributed by atoms with van der Waals surface area (Å²) in [6.07, 6.45) is 7.38. The Labute approximate surface area is 169 Å². The highest BCUT2D eigenvalue weighted by Gasteiger charge is 2.15. The molecule has 0 saturated carbocycles. The van der Waals surface area contributed by atoms with Crippen LogP contribution >= 0.6 is 0 Å². The topological polar surface area (TPSA) is 52.6 Å². The summed E-state index contributed by atoms with van der Waals surface area (Å²) in [7, 11) is 0. The van der Waals surface area contributed by atoms with Crippen molar-refractivity contribution in [1.82, 2.24) is 5.32 Å². The fraction of sp³-hybridized carbons (Fsp3) is 0.458. The van der Waals surface area contributed by atoms with E-state index in [2.05, 4.69) is 71.7 Å². The summed E-state index contributed by atoms with van der Waals surface area (Å²) in [4.78, 5) is 12.5. The summed E-state index contributed by atoms with van der Waals surface area (Å²) in [6, 6.07) is 19.5. The average Bonchev–Trinajstić information content (AvgIpc) is 2.72. The maximum atomic E-state index is 9.98. The maximum absolute atomic E-state index is 9.98. The van der Waals surface area contributed by atoms with Crippen LogP contribution in [-0.4, -0.2) is 24.3 Å². The summed E-state index contributed by atoms with van der Waals surface area (Å²) >= 11 is 0. The molecule has 1 aliphatic rings. The van der Waals surface area contributed by atoms with Gasteiger partial charge < -0.3 is 15.3 Å². The van der Waals surface area contributed by atoms with Crippen molar-refractivity contribution in [3.05, 3.63) is 65.7 Å². The smallest absolute Gasteiger partial charge is 0.404 e. The first kappa shape index (κ1) is 21.8. The SMILES string of the molecule is CCCCCCCNC(=O)O.c1ccc(CN2CCCc3ccccc32)cc1. The van der Waals surface area contributed by atoms with Crippen molar-refractivity contribution in [2.24, 2.45) is 0 Å². The molecule has 1 heterocycles. The lowest BCUT2D eigenvalue weighted by Crippen LogP contribution is -2.28. The average molecular weight is 383 g/mol. The zero-order chi connectivity index (χ0) is 20.0. The normalized spacial score (nSPS) is 12.5. The molecule has 0 saturated heterocycles. The van der Waals surface area contributed by atoms with Crippen LogP contribution in [0.3, 0.4) is 0 Å². The lowest BCUT2D eigenvalue weighted by molar-refractivity contribution is 0.194. The Bertz CT molecular complexity index is 688. The Morgan fingerprint density at radius 3 is 2.46 bits per heavy atom. The molecule has 152 valence electrons. The van der Waals surface area contributed by atoms with E-state index in [-0.39, 0.29) is 0 Å². The van der Waals surface area contributed by atoms with E-state index >= 15 is 0 Å². The molecular formula is C24H34N2O2. The molecule has 0 radical (unpaired) electrons. The number of fused-ring (bicyclic) bond motifs is 1. The van der Waals surface area contributed by atoms with Gasteiger partial charge in [-0.2, -0.15) is 0 Å². The number of rotatable bonds is 8. The van der Waals surface area contributed by atoms with Crippen molar-refractivity contribution in [1.29, 1.82) is 0 Å². The Morgan fingerprint density at radius 2 is 1.71 bits per heavy atom. The van der Waals surface area contributed by atoms with Crippen LogP contribution < -0.4 is 10.2 Å². The highest BCUT2D eigenvalue weighted by atomic mass is 16.4. The molecule has 1 aliphatic heterocycles. The number of unbranched alkanes of at least 4 members (excludes halogenated alkanes) is 4. The van der Waals surface area contributed by atoms with Gasteiger partial charge in [-0.15, -0.1) is 0 Å². The second kappa shape index (κ2) is 12.8. The van der Waals surface area contributed by atoms with Crippen LogP contribution in [0.5, 0.6) is 0 Å². The Kier molecular flexibility index (Phi) is 9.98. The van der Waals surface area contributed by atoms with Gasteiger partial charge in [-0.3, -0.25) is 0 Å². The molecule has 1 amide bonds. The number of para-hydroxylation sites is 1. The largest absolute Gasteiger partial charge is 0.465 e. The number of anilines is 1. The van der Waals surface area contributed by atoms with Crippen LogP contribution in [0, 0.1) is 0 Å². The highest BCUT2D eigenvalue weighted by Crippen LogP contribution is 2.27. The van der Waals surface area contributed by atoms with E-state index in [1.54, 1.807) is 0 Å². The first-order valence-electron chi connectivity index (χ1n) is 10.5. The zero-order valence-electron chi connectivity index (χ0n) is 17.1. The molecule has 0 aromatic heterocycles. The summed E-state index contributed by atoms with van der Waals surface area (Å²) in [5, 5.41) is 10.5. The number of hydrogen-bond acceptors (Lipinski definition) is 2. The zero-order valence-corrected chi connectivity index (χ0v) is 17.1. The number of aryl methyl sites for hydroxylation is 1. The van der Waals surface area contributed by atoms with E-state index in [0.717, 1.165) is 19.4 Å². The summed E-state index contributed by atoms with van der Waals surface area (Å²) in [5.41, 5.74) is 4.31. The van der Waals surface area contributed by atoms with Crippen LogP contribution in [0.2, 0.25) is 0 Å². The molecule has 2 aromatic carbocycles. The van der Waals surface area contributed by atoms with Gasteiger partial charge in [0.25, 0.3) is 0 Å². The minimum absolute atomic E-state index is 0.596. The number of hydrogen-bond donors (Lipinski definition) is 2. The van der Waals surface area contributed by atoms with Crippen molar-refractivity contribution in [2.75, 3.05) is 18.0 Å². The van der Waals surface area contributed by atoms with Crippen molar-refractivity contribution in [3.63, 3.8) is 0 Å². The van der Waals surface area contributed by atoms with Crippen molar-refractivity contribution in [3.8, 4) is 0 Å². The van der Waals surface area contributed by atoms with Crippen LogP contribution in [0.15, 0.2) is 54.6 Å².